The van der Waals surface area contributed by atoms with Crippen molar-refractivity contribution in [2.75, 3.05) is 0 Å². The van der Waals surface area contributed by atoms with Crippen LogP contribution in [0.15, 0.2) is 5.38 Å². The number of rotatable bonds is 2. The van der Waals surface area contributed by atoms with Gasteiger partial charge in [0.1, 0.15) is 0 Å². The van der Waals surface area contributed by atoms with Crippen molar-refractivity contribution in [1.82, 2.24) is 4.98 Å². The minimum atomic E-state index is -0.460. The first-order chi connectivity index (χ1) is 6.68. The Morgan fingerprint density at radius 3 is 2.71 bits per heavy atom. The Hall–Kier alpha value is -0.410. The quantitative estimate of drug-likeness (QED) is 0.816. The lowest BCUT2D eigenvalue weighted by molar-refractivity contribution is 0.00378. The van der Waals surface area contributed by atoms with Crippen molar-refractivity contribution in [1.29, 1.82) is 0 Å². The van der Waals surface area contributed by atoms with E-state index in [0.717, 1.165) is 30.0 Å². The Balaban J connectivity index is 2.01. The van der Waals surface area contributed by atoms with Gasteiger partial charge in [-0.1, -0.05) is 19.3 Å². The number of hydrogen-bond donors (Lipinski definition) is 1. The summed E-state index contributed by atoms with van der Waals surface area (Å²) in [6.45, 7) is 2.01. The Bertz CT molecular complexity index is 302. The predicted molar refractivity (Wildman–Crippen MR) is 58.6 cm³/mol. The number of thiazole rings is 1. The molecule has 0 spiro atoms. The molecule has 14 heavy (non-hydrogen) atoms. The number of aryl methyl sites for hydroxylation is 1. The second-order valence-corrected chi connectivity index (χ2v) is 5.38. The minimum Gasteiger partial charge on any atom is -0.389 e. The maximum absolute atomic E-state index is 10.3. The highest BCUT2D eigenvalue weighted by atomic mass is 32.1. The fraction of sp³-hybridized carbons (Fsp3) is 0.727. The third kappa shape index (κ3) is 2.34. The lowest BCUT2D eigenvalue weighted by Gasteiger charge is -2.31. The molecule has 0 bridgehead atoms. The zero-order valence-electron chi connectivity index (χ0n) is 8.62. The van der Waals surface area contributed by atoms with Crippen molar-refractivity contribution in [2.24, 2.45) is 0 Å². The molecule has 2 rings (SSSR count). The van der Waals surface area contributed by atoms with Crippen LogP contribution in [0, 0.1) is 6.92 Å². The van der Waals surface area contributed by atoms with E-state index in [0.29, 0.717) is 0 Å². The lowest BCUT2D eigenvalue weighted by Crippen LogP contribution is -2.33. The van der Waals surface area contributed by atoms with Crippen molar-refractivity contribution in [3.05, 3.63) is 16.1 Å². The van der Waals surface area contributed by atoms with Gasteiger partial charge in [0, 0.05) is 11.8 Å². The molecular weight excluding hydrogens is 194 g/mol. The predicted octanol–water partition coefficient (Wildman–Crippen LogP) is 2.69. The zero-order chi connectivity index (χ0) is 10.0. The van der Waals surface area contributed by atoms with Crippen molar-refractivity contribution < 1.29 is 5.11 Å². The summed E-state index contributed by atoms with van der Waals surface area (Å²) < 4.78 is 0. The molecule has 1 aromatic rings. The summed E-state index contributed by atoms with van der Waals surface area (Å²) in [6, 6.07) is 0. The van der Waals surface area contributed by atoms with Gasteiger partial charge in [0.25, 0.3) is 0 Å². The van der Waals surface area contributed by atoms with Gasteiger partial charge in [0.2, 0.25) is 0 Å². The second-order valence-electron chi connectivity index (χ2n) is 4.32. The number of aliphatic hydroxyl groups is 1. The highest BCUT2D eigenvalue weighted by Crippen LogP contribution is 2.31. The monoisotopic (exact) mass is 211 g/mol. The van der Waals surface area contributed by atoms with E-state index < -0.39 is 5.60 Å². The summed E-state index contributed by atoms with van der Waals surface area (Å²) in [5.74, 6) is 0. The highest BCUT2D eigenvalue weighted by Gasteiger charge is 2.29. The number of hydrogen-bond acceptors (Lipinski definition) is 3. The van der Waals surface area contributed by atoms with Crippen LogP contribution in [-0.2, 0) is 6.42 Å². The Labute approximate surface area is 89.0 Å². The molecule has 1 aliphatic rings. The van der Waals surface area contributed by atoms with Crippen LogP contribution in [-0.4, -0.2) is 15.7 Å². The maximum Gasteiger partial charge on any atom is 0.0897 e. The van der Waals surface area contributed by atoms with Gasteiger partial charge in [0.05, 0.1) is 16.3 Å². The van der Waals surface area contributed by atoms with Crippen LogP contribution in [0.2, 0.25) is 0 Å². The fourth-order valence-corrected chi connectivity index (χ4v) is 2.83. The van der Waals surface area contributed by atoms with Gasteiger partial charge in [-0.15, -0.1) is 11.3 Å². The van der Waals surface area contributed by atoms with E-state index >= 15 is 0 Å². The SMILES string of the molecule is Cc1nc(CC2(O)CCCCC2)cs1. The molecule has 78 valence electrons. The van der Waals surface area contributed by atoms with Gasteiger partial charge < -0.3 is 5.11 Å². The summed E-state index contributed by atoms with van der Waals surface area (Å²) in [6.07, 6.45) is 6.25. The normalized spacial score (nSPS) is 21.0. The molecule has 0 atom stereocenters. The number of aromatic nitrogens is 1. The van der Waals surface area contributed by atoms with Crippen LogP contribution in [0.25, 0.3) is 0 Å². The molecule has 1 fully saturated rings. The van der Waals surface area contributed by atoms with Crippen LogP contribution >= 0.6 is 11.3 Å². The molecule has 3 heteroatoms. The van der Waals surface area contributed by atoms with Crippen molar-refractivity contribution in [2.45, 2.75) is 51.0 Å². The first-order valence-electron chi connectivity index (χ1n) is 5.31. The van der Waals surface area contributed by atoms with Gasteiger partial charge >= 0.3 is 0 Å². The van der Waals surface area contributed by atoms with E-state index in [4.69, 9.17) is 0 Å². The van der Waals surface area contributed by atoms with Gasteiger partial charge in [-0.2, -0.15) is 0 Å². The zero-order valence-corrected chi connectivity index (χ0v) is 9.44. The molecule has 1 aliphatic carbocycles. The first-order valence-corrected chi connectivity index (χ1v) is 6.19. The Morgan fingerprint density at radius 1 is 1.43 bits per heavy atom. The smallest absolute Gasteiger partial charge is 0.0897 e. The third-order valence-electron chi connectivity index (χ3n) is 2.96. The molecule has 2 nitrogen and oxygen atoms in total. The van der Waals surface area contributed by atoms with E-state index in [2.05, 4.69) is 10.4 Å². The maximum atomic E-state index is 10.3. The highest BCUT2D eigenvalue weighted by molar-refractivity contribution is 7.09. The molecule has 1 saturated carbocycles. The summed E-state index contributed by atoms with van der Waals surface area (Å²) in [4.78, 5) is 4.41. The standard InChI is InChI=1S/C11H17NOS/c1-9-12-10(8-14-9)7-11(13)5-3-2-4-6-11/h8,13H,2-7H2,1H3. The van der Waals surface area contributed by atoms with Crippen LogP contribution in [0.1, 0.15) is 42.8 Å². The average molecular weight is 211 g/mol. The van der Waals surface area contributed by atoms with Crippen molar-refractivity contribution in [3.8, 4) is 0 Å². The summed E-state index contributed by atoms with van der Waals surface area (Å²) in [5, 5.41) is 13.5. The lowest BCUT2D eigenvalue weighted by atomic mass is 9.82. The molecule has 0 saturated heterocycles. The molecular formula is C11H17NOS. The van der Waals surface area contributed by atoms with Gasteiger partial charge in [-0.3, -0.25) is 0 Å². The minimum absolute atomic E-state index is 0.460. The Morgan fingerprint density at radius 2 is 2.14 bits per heavy atom. The fourth-order valence-electron chi connectivity index (χ4n) is 2.21. The molecule has 1 heterocycles. The van der Waals surface area contributed by atoms with E-state index in [1.165, 1.54) is 19.3 Å². The second kappa shape index (κ2) is 3.99. The summed E-state index contributed by atoms with van der Waals surface area (Å²) in [5.41, 5.74) is 0.607. The van der Waals surface area contributed by atoms with Gasteiger partial charge in [-0.25, -0.2) is 4.98 Å². The van der Waals surface area contributed by atoms with Gasteiger partial charge in [0.15, 0.2) is 0 Å². The van der Waals surface area contributed by atoms with E-state index in [-0.39, 0.29) is 0 Å². The first kappa shape index (κ1) is 10.1. The van der Waals surface area contributed by atoms with E-state index in [9.17, 15) is 5.11 Å². The molecule has 1 N–H and O–H groups in total. The van der Waals surface area contributed by atoms with E-state index in [1.54, 1.807) is 11.3 Å². The average Bonchev–Trinajstić information content (AvgIpc) is 2.51. The van der Waals surface area contributed by atoms with Crippen LogP contribution in [0.3, 0.4) is 0 Å². The Kier molecular flexibility index (Phi) is 2.88. The molecule has 0 aromatic carbocycles. The molecule has 0 radical (unpaired) electrons. The molecule has 0 amide bonds. The number of nitrogens with zero attached hydrogens (tertiary/aromatic N) is 1. The largest absolute Gasteiger partial charge is 0.389 e. The van der Waals surface area contributed by atoms with Gasteiger partial charge in [-0.05, 0) is 19.8 Å². The van der Waals surface area contributed by atoms with Crippen molar-refractivity contribution in [3.63, 3.8) is 0 Å². The molecule has 1 aromatic heterocycles. The topological polar surface area (TPSA) is 33.1 Å². The van der Waals surface area contributed by atoms with Crippen molar-refractivity contribution >= 4 is 11.3 Å². The summed E-state index contributed by atoms with van der Waals surface area (Å²) >= 11 is 1.67. The van der Waals surface area contributed by atoms with Crippen LogP contribution < -0.4 is 0 Å². The van der Waals surface area contributed by atoms with Crippen LogP contribution in [0.4, 0.5) is 0 Å². The third-order valence-corrected chi connectivity index (χ3v) is 3.78. The molecule has 0 aliphatic heterocycles. The summed E-state index contributed by atoms with van der Waals surface area (Å²) in [7, 11) is 0. The van der Waals surface area contributed by atoms with E-state index in [1.807, 2.05) is 6.92 Å². The van der Waals surface area contributed by atoms with Crippen LogP contribution in [0.5, 0.6) is 0 Å². The molecule has 0 unspecified atom stereocenters.